The number of halogens is 2. The molecule has 0 saturated carbocycles. The third-order valence-corrected chi connectivity index (χ3v) is 13.3. The summed E-state index contributed by atoms with van der Waals surface area (Å²) in [7, 11) is 9.14. The van der Waals surface area contributed by atoms with E-state index in [1.165, 1.54) is 116 Å². The number of benzene rings is 4. The normalized spacial score (nSPS) is 13.7. The highest BCUT2D eigenvalue weighted by Crippen LogP contribution is 2.42. The Kier molecular flexibility index (Phi) is 56.7. The highest BCUT2D eigenvalue weighted by atomic mass is 35.5. The highest BCUT2D eigenvalue weighted by molar-refractivity contribution is 6.31. The van der Waals surface area contributed by atoms with Gasteiger partial charge in [0.1, 0.15) is 36.0 Å². The Bertz CT molecular complexity index is 2920. The number of hydrogen-bond acceptors (Lipinski definition) is 20. The summed E-state index contributed by atoms with van der Waals surface area (Å²) >= 11 is 11.2. The minimum atomic E-state index is -1.02. The van der Waals surface area contributed by atoms with E-state index in [0.29, 0.717) is 5.02 Å². The van der Waals surface area contributed by atoms with Crippen molar-refractivity contribution in [3.05, 3.63) is 141 Å². The van der Waals surface area contributed by atoms with Crippen LogP contribution in [0.25, 0.3) is 0 Å². The zero-order valence-electron chi connectivity index (χ0n) is 58.3. The van der Waals surface area contributed by atoms with Gasteiger partial charge in [0, 0.05) is 36.1 Å². The van der Waals surface area contributed by atoms with Gasteiger partial charge < -0.3 is 36.6 Å². The average molecular weight is 1430 g/mol. The molecule has 12 N–H and O–H groups in total. The van der Waals surface area contributed by atoms with Crippen molar-refractivity contribution >= 4 is 82.4 Å². The molecule has 5 rings (SSSR count). The summed E-state index contributed by atoms with van der Waals surface area (Å²) < 4.78 is 4.91. The molecule has 1 saturated heterocycles. The first-order valence-corrected chi connectivity index (χ1v) is 31.5. The van der Waals surface area contributed by atoms with Crippen molar-refractivity contribution in [3.8, 4) is 5.75 Å². The third-order valence-electron chi connectivity index (χ3n) is 12.9. The van der Waals surface area contributed by atoms with Gasteiger partial charge in [0.15, 0.2) is 5.60 Å². The largest absolute Gasteiger partial charge is 0.413 e. The molecule has 1 heterocycles. The van der Waals surface area contributed by atoms with E-state index in [4.69, 9.17) is 26.4 Å². The molecule has 554 valence electrons. The number of alkyl halides is 1. The van der Waals surface area contributed by atoms with Crippen LogP contribution in [0, 0.1) is 17.0 Å². The van der Waals surface area contributed by atoms with Gasteiger partial charge in [0.2, 0.25) is 11.8 Å². The van der Waals surface area contributed by atoms with E-state index in [2.05, 4.69) is 151 Å². The lowest BCUT2D eigenvalue weighted by Crippen LogP contribution is -2.51. The number of non-ortho nitro benzene ring substituents is 1. The van der Waals surface area contributed by atoms with Crippen LogP contribution in [0.3, 0.4) is 0 Å². The second kappa shape index (κ2) is 56.6. The zero-order chi connectivity index (χ0) is 74.1. The second-order valence-electron chi connectivity index (χ2n) is 20.2. The van der Waals surface area contributed by atoms with Crippen LogP contribution in [0.2, 0.25) is 5.02 Å². The van der Waals surface area contributed by atoms with Crippen LogP contribution in [-0.2, 0) is 58.5 Å². The van der Waals surface area contributed by atoms with Gasteiger partial charge in [-0.15, -0.1) is 11.6 Å². The average Bonchev–Trinajstić information content (AvgIpc) is 0.933. The first kappa shape index (κ1) is 98.2. The van der Waals surface area contributed by atoms with Gasteiger partial charge in [-0.1, -0.05) is 158 Å². The van der Waals surface area contributed by atoms with E-state index in [0.717, 1.165) is 21.6 Å². The molecule has 32 heteroatoms. The number of carbonyl (C=O) groups is 9. The summed E-state index contributed by atoms with van der Waals surface area (Å²) in [5, 5.41) is 34.6. The SMILES string of the molecule is C.C.CC1NC(=O)N(C(C)C(=O)NO)C1=O.CCCC.CCCC.CCl.CNC(C)C(=O)NC(C)C(=O)NOC.CNC(C)C(=O)NOC.CNOC(c1ccccc1)(c1ccc(C)cc1)c1ccccc1Cl.CONC(=O)C(C)NC(=O)C(C)NC(=O)Oc1ccc([N+](=O)[O-])cc1. The molecule has 1 aliphatic heterocycles. The molecule has 4 aromatic carbocycles. The number of aryl methyl sites for hydroxylation is 1. The number of hydrogen-bond donors (Lipinski definition) is 12. The maximum Gasteiger partial charge on any atom is 0.413 e. The van der Waals surface area contributed by atoms with Gasteiger partial charge >= 0.3 is 12.1 Å². The van der Waals surface area contributed by atoms with Crippen molar-refractivity contribution < 1.29 is 77.4 Å². The number of nitrogens with zero attached hydrogens (tertiary/aromatic N) is 2. The maximum absolute atomic E-state index is 11.9. The number of hydroxylamine groups is 5. The summed E-state index contributed by atoms with van der Waals surface area (Å²) in [5.74, 6) is -3.16. The second-order valence-corrected chi connectivity index (χ2v) is 20.6. The molecule has 8 atom stereocenters. The van der Waals surface area contributed by atoms with Gasteiger partial charge in [-0.05, 0) is 98.8 Å². The number of likely N-dealkylation sites (N-methyl/N-ethyl adjacent to an activating group) is 2. The van der Waals surface area contributed by atoms with Crippen molar-refractivity contribution in [2.75, 3.05) is 48.9 Å². The molecule has 0 aromatic heterocycles. The lowest BCUT2D eigenvalue weighted by atomic mass is 9.80. The van der Waals surface area contributed by atoms with Crippen molar-refractivity contribution in [3.63, 3.8) is 0 Å². The molecule has 10 amide bonds. The fourth-order valence-corrected chi connectivity index (χ4v) is 7.13. The summed E-state index contributed by atoms with van der Waals surface area (Å²) in [6.45, 7) is 21.5. The number of rotatable bonds is 24. The highest BCUT2D eigenvalue weighted by Gasteiger charge is 2.41. The van der Waals surface area contributed by atoms with Crippen LogP contribution in [-0.4, -0.2) is 160 Å². The Balaban J connectivity index is -0.000000366. The molecule has 98 heavy (non-hydrogen) atoms. The molecule has 4 aromatic rings. The lowest BCUT2D eigenvalue weighted by Gasteiger charge is -2.35. The van der Waals surface area contributed by atoms with E-state index < -0.39 is 76.5 Å². The zero-order valence-corrected chi connectivity index (χ0v) is 59.8. The maximum atomic E-state index is 11.9. The van der Waals surface area contributed by atoms with Gasteiger partial charge in [0.25, 0.3) is 35.2 Å². The molecule has 0 spiro atoms. The Morgan fingerprint density at radius 1 is 0.602 bits per heavy atom. The van der Waals surface area contributed by atoms with Crippen LogP contribution in [0.15, 0.2) is 103 Å². The molecule has 0 bridgehead atoms. The molecule has 30 nitrogen and oxygen atoms in total. The Morgan fingerprint density at radius 3 is 1.38 bits per heavy atom. The van der Waals surface area contributed by atoms with E-state index in [1.54, 1.807) is 41.9 Å². The number of urea groups is 1. The Hall–Kier alpha value is -8.43. The van der Waals surface area contributed by atoms with Crippen LogP contribution in [0.1, 0.15) is 139 Å². The predicted molar refractivity (Wildman–Crippen MR) is 379 cm³/mol. The number of nitrogens with one attached hydrogen (secondary N) is 11. The van der Waals surface area contributed by atoms with Crippen LogP contribution in [0.5, 0.6) is 5.75 Å². The number of carbonyl (C=O) groups excluding carboxylic acids is 9. The predicted octanol–water partition coefficient (Wildman–Crippen LogP) is 7.95. The van der Waals surface area contributed by atoms with Crippen molar-refractivity contribution in [2.45, 2.75) is 172 Å². The fraction of sp³-hybridized carbons (Fsp3) is 0.500. The minimum absolute atomic E-state index is 0. The molecule has 8 unspecified atom stereocenters. The van der Waals surface area contributed by atoms with E-state index in [1.807, 2.05) is 42.5 Å². The quantitative estimate of drug-likeness (QED) is 0.00790. The number of nitro groups is 1. The number of unbranched alkanes of at least 4 members (excludes halogenated alkanes) is 2. The Labute approximate surface area is 588 Å². The summed E-state index contributed by atoms with van der Waals surface area (Å²) in [6, 6.07) is 25.9. The first-order chi connectivity index (χ1) is 45.5. The molecule has 0 radical (unpaired) electrons. The van der Waals surface area contributed by atoms with Gasteiger partial charge in [-0.3, -0.25) is 73.1 Å². The van der Waals surface area contributed by atoms with Crippen LogP contribution in [0.4, 0.5) is 15.3 Å². The van der Waals surface area contributed by atoms with Crippen LogP contribution < -0.4 is 64.0 Å². The number of ether oxygens (including phenoxy) is 1. The number of imide groups is 1. The topological polar surface area (TPSA) is 399 Å². The Morgan fingerprint density at radius 2 is 1.00 bits per heavy atom. The van der Waals surface area contributed by atoms with Crippen LogP contribution >= 0.6 is 23.2 Å². The summed E-state index contributed by atoms with van der Waals surface area (Å²) in [4.78, 5) is 132. The van der Waals surface area contributed by atoms with E-state index >= 15 is 0 Å². The van der Waals surface area contributed by atoms with E-state index in [-0.39, 0.29) is 56.1 Å². The number of amides is 10. The van der Waals surface area contributed by atoms with Gasteiger partial charge in [0.05, 0.1) is 38.3 Å². The molecule has 1 fully saturated rings. The van der Waals surface area contributed by atoms with Crippen molar-refractivity contribution in [2.24, 2.45) is 0 Å². The fourth-order valence-electron chi connectivity index (χ4n) is 6.87. The minimum Gasteiger partial charge on any atom is -0.410 e. The molecular formula is C66H109Cl2N13O17. The molecular weight excluding hydrogens is 1320 g/mol. The van der Waals surface area contributed by atoms with Gasteiger partial charge in [-0.2, -0.15) is 0 Å². The number of nitro benzene ring substituents is 1. The lowest BCUT2D eigenvalue weighted by molar-refractivity contribution is -0.384. The first-order valence-electron chi connectivity index (χ1n) is 30.3. The summed E-state index contributed by atoms with van der Waals surface area (Å²) in [6.07, 6.45) is 5.82. The van der Waals surface area contributed by atoms with Gasteiger partial charge in [-0.25, -0.2) is 37.0 Å². The van der Waals surface area contributed by atoms with Crippen molar-refractivity contribution in [1.82, 2.24) is 64.2 Å². The molecule has 0 aliphatic carbocycles. The van der Waals surface area contributed by atoms with Crippen molar-refractivity contribution in [1.29, 1.82) is 0 Å². The van der Waals surface area contributed by atoms with E-state index in [9.17, 15) is 53.3 Å². The smallest absolute Gasteiger partial charge is 0.410 e. The third kappa shape index (κ3) is 36.8. The monoisotopic (exact) mass is 1430 g/mol. The molecule has 1 aliphatic rings. The summed E-state index contributed by atoms with van der Waals surface area (Å²) in [5.41, 5.74) is 13.8. The standard InChI is InChI=1S/C21H20ClNO.C14H18N4O7.C8H17N3O3.C7H11N3O4.C5H12N2O2.2C4H10.CH3Cl.2CH4/c1-16-12-14-18(15-13-16)21(24-23-2,17-8-4-3-5-9-17)19-10-6-7-11-20(19)22;1-8(12(19)15-9(2)13(20)17-24-3)16-14(21)25-11-6-4-10(5-7-11)18(22)23;1-5(9-3)7(12)10-6(2)8(13)11-14-4;1-3-6(12)10(7(13)8-3)4(2)5(11)9-14;1-4(6-2)5(8)7-9-3;2*1-3-4-2;1-2;;/h3-15,23H,1-2H3;4-9H,1-3H3,(H,15,19)(H,16,21)(H,17,20);5-6,9H,1-4H3,(H,10,12)(H,11,13);3-4,14H,1-2H3,(H,8,13)(H,9,11);4,6H,1-3H3,(H,7,8);2*3-4H2,1-2H3;1H3;2*1H4.